The molecule has 60 valence electrons. The molecule has 2 heteroatoms. The number of hydrogen-bond donors (Lipinski definition) is 0. The zero-order valence-corrected chi connectivity index (χ0v) is 7.69. The molecule has 0 amide bonds. The van der Waals surface area contributed by atoms with E-state index in [0.29, 0.717) is 5.92 Å². The number of thiazole rings is 1. The summed E-state index contributed by atoms with van der Waals surface area (Å²) in [5.41, 5.74) is 1.88. The average Bonchev–Trinajstić information content (AvgIpc) is 2.42. The summed E-state index contributed by atoms with van der Waals surface area (Å²) < 4.78 is 1.26. The zero-order chi connectivity index (χ0) is 8.39. The Bertz CT molecular complexity index is 444. The van der Waals surface area contributed by atoms with Gasteiger partial charge in [0.25, 0.3) is 0 Å². The second-order valence-electron chi connectivity index (χ2n) is 2.79. The van der Waals surface area contributed by atoms with Crippen molar-refractivity contribution in [1.82, 2.24) is 4.98 Å². The van der Waals surface area contributed by atoms with Crippen LogP contribution in [0.1, 0.15) is 13.3 Å². The molecule has 1 aliphatic carbocycles. The highest BCUT2D eigenvalue weighted by Gasteiger charge is 1.95. The first-order valence-corrected chi connectivity index (χ1v) is 4.84. The molecule has 0 fully saturated rings. The summed E-state index contributed by atoms with van der Waals surface area (Å²) in [5, 5.41) is 1.10. The van der Waals surface area contributed by atoms with E-state index in [2.05, 4.69) is 35.9 Å². The van der Waals surface area contributed by atoms with Crippen LogP contribution in [0.25, 0.3) is 12.2 Å². The Morgan fingerprint density at radius 1 is 1.67 bits per heavy atom. The molecule has 2 rings (SSSR count). The summed E-state index contributed by atoms with van der Waals surface area (Å²) in [6, 6.07) is 0. The molecule has 0 bridgehead atoms. The van der Waals surface area contributed by atoms with Gasteiger partial charge in [0.15, 0.2) is 0 Å². The van der Waals surface area contributed by atoms with Crippen LogP contribution >= 0.6 is 11.3 Å². The van der Waals surface area contributed by atoms with Crippen LogP contribution < -0.4 is 9.88 Å². The third-order valence-corrected chi connectivity index (χ3v) is 2.59. The number of rotatable bonds is 0. The minimum Gasteiger partial charge on any atom is -0.245 e. The standard InChI is InChI=1S/C10H9NS/c1-8-4-2-3-5-10-9(6-8)11-7-12-10/h5-8H,3H2,1H3/b9-6+,10-5+. The van der Waals surface area contributed by atoms with E-state index in [9.17, 15) is 0 Å². The summed E-state index contributed by atoms with van der Waals surface area (Å²) in [5.74, 6) is 6.59. The fourth-order valence-corrected chi connectivity index (χ4v) is 1.88. The van der Waals surface area contributed by atoms with Gasteiger partial charge in [-0.1, -0.05) is 17.9 Å². The van der Waals surface area contributed by atoms with E-state index >= 15 is 0 Å². The topological polar surface area (TPSA) is 12.9 Å². The van der Waals surface area contributed by atoms with E-state index in [1.807, 2.05) is 5.51 Å². The lowest BCUT2D eigenvalue weighted by Gasteiger charge is -1.93. The van der Waals surface area contributed by atoms with Gasteiger partial charge in [-0.05, 0) is 13.0 Å². The van der Waals surface area contributed by atoms with Crippen LogP contribution in [0.15, 0.2) is 5.51 Å². The SMILES string of the molecule is CC1C#CC/C=c2/scn/c2=C/1. The Morgan fingerprint density at radius 2 is 2.58 bits per heavy atom. The smallest absolute Gasteiger partial charge is 0.0805 e. The molecule has 1 aliphatic rings. The third kappa shape index (κ3) is 1.41. The van der Waals surface area contributed by atoms with E-state index < -0.39 is 0 Å². The molecule has 0 aliphatic heterocycles. The van der Waals surface area contributed by atoms with Crippen molar-refractivity contribution in [3.8, 4) is 11.8 Å². The molecule has 1 aromatic rings. The van der Waals surface area contributed by atoms with E-state index in [0.717, 1.165) is 11.8 Å². The van der Waals surface area contributed by atoms with Gasteiger partial charge < -0.3 is 0 Å². The van der Waals surface area contributed by atoms with E-state index in [-0.39, 0.29) is 0 Å². The van der Waals surface area contributed by atoms with Crippen molar-refractivity contribution >= 4 is 23.5 Å². The molecule has 0 aromatic carbocycles. The Balaban J connectivity index is 2.67. The lowest BCUT2D eigenvalue weighted by Crippen LogP contribution is -2.22. The van der Waals surface area contributed by atoms with Crippen LogP contribution in [0.2, 0.25) is 0 Å². The number of fused-ring (bicyclic) bond motifs is 1. The molecule has 0 N–H and O–H groups in total. The molecule has 0 radical (unpaired) electrons. The quantitative estimate of drug-likeness (QED) is 0.530. The van der Waals surface area contributed by atoms with Gasteiger partial charge in [-0.3, -0.25) is 0 Å². The van der Waals surface area contributed by atoms with Crippen LogP contribution in [0, 0.1) is 17.8 Å². The van der Waals surface area contributed by atoms with Gasteiger partial charge in [0.1, 0.15) is 0 Å². The number of aromatic nitrogens is 1. The van der Waals surface area contributed by atoms with E-state index in [4.69, 9.17) is 0 Å². The van der Waals surface area contributed by atoms with Gasteiger partial charge >= 0.3 is 0 Å². The predicted molar refractivity (Wildman–Crippen MR) is 51.9 cm³/mol. The largest absolute Gasteiger partial charge is 0.245 e. The van der Waals surface area contributed by atoms with Crippen molar-refractivity contribution in [3.63, 3.8) is 0 Å². The average molecular weight is 175 g/mol. The maximum atomic E-state index is 4.27. The lowest BCUT2D eigenvalue weighted by atomic mass is 10.1. The molecule has 0 spiro atoms. The highest BCUT2D eigenvalue weighted by Crippen LogP contribution is 1.95. The van der Waals surface area contributed by atoms with Gasteiger partial charge in [-0.25, -0.2) is 4.98 Å². The second kappa shape index (κ2) is 3.12. The fourth-order valence-electron chi connectivity index (χ4n) is 1.18. The predicted octanol–water partition coefficient (Wildman–Crippen LogP) is 0.747. The summed E-state index contributed by atoms with van der Waals surface area (Å²) in [6.45, 7) is 2.10. The molecule has 1 nitrogen and oxygen atoms in total. The molecule has 0 saturated heterocycles. The Labute approximate surface area is 75.5 Å². The maximum absolute atomic E-state index is 4.27. The summed E-state index contributed by atoms with van der Waals surface area (Å²) in [6.07, 6.45) is 5.12. The molecule has 1 unspecified atom stereocenters. The van der Waals surface area contributed by atoms with Crippen LogP contribution in [0.5, 0.6) is 0 Å². The summed E-state index contributed by atoms with van der Waals surface area (Å²) in [4.78, 5) is 4.27. The molecular formula is C10H9NS. The molecule has 12 heavy (non-hydrogen) atoms. The Kier molecular flexibility index (Phi) is 1.97. The zero-order valence-electron chi connectivity index (χ0n) is 6.87. The highest BCUT2D eigenvalue weighted by atomic mass is 32.1. The van der Waals surface area contributed by atoms with Crippen LogP contribution in [0.3, 0.4) is 0 Å². The van der Waals surface area contributed by atoms with Crippen molar-refractivity contribution in [2.45, 2.75) is 13.3 Å². The van der Waals surface area contributed by atoms with Gasteiger partial charge in [-0.15, -0.1) is 11.3 Å². The fraction of sp³-hybridized carbons (Fsp3) is 0.300. The third-order valence-electron chi connectivity index (χ3n) is 1.75. The molecule has 1 atom stereocenters. The van der Waals surface area contributed by atoms with Gasteiger partial charge in [0, 0.05) is 12.3 Å². The maximum Gasteiger partial charge on any atom is 0.0805 e. The molecular weight excluding hydrogens is 166 g/mol. The first-order valence-electron chi connectivity index (χ1n) is 3.96. The highest BCUT2D eigenvalue weighted by molar-refractivity contribution is 7.07. The normalized spacial score (nSPS) is 25.9. The second-order valence-corrected chi connectivity index (χ2v) is 3.67. The molecule has 0 saturated carbocycles. The van der Waals surface area contributed by atoms with Crippen LogP contribution in [-0.4, -0.2) is 4.98 Å². The number of nitrogens with zero attached hydrogens (tertiary/aromatic N) is 1. The van der Waals surface area contributed by atoms with Crippen molar-refractivity contribution in [1.29, 1.82) is 0 Å². The number of hydrogen-bond acceptors (Lipinski definition) is 2. The first-order chi connectivity index (χ1) is 5.86. The summed E-state index contributed by atoms with van der Waals surface area (Å²) in [7, 11) is 0. The Hall–Kier alpha value is -1.07. The van der Waals surface area contributed by atoms with Crippen LogP contribution in [0.4, 0.5) is 0 Å². The summed E-state index contributed by atoms with van der Waals surface area (Å²) >= 11 is 1.68. The minimum atomic E-state index is 0.333. The molecule has 1 heterocycles. The monoisotopic (exact) mass is 175 g/mol. The van der Waals surface area contributed by atoms with E-state index in [1.54, 1.807) is 11.3 Å². The minimum absolute atomic E-state index is 0.333. The van der Waals surface area contributed by atoms with Crippen molar-refractivity contribution < 1.29 is 0 Å². The molecule has 1 aromatic heterocycles. The first kappa shape index (κ1) is 7.57. The van der Waals surface area contributed by atoms with Crippen LogP contribution in [-0.2, 0) is 0 Å². The van der Waals surface area contributed by atoms with Gasteiger partial charge in [0.2, 0.25) is 0 Å². The van der Waals surface area contributed by atoms with Crippen molar-refractivity contribution in [3.05, 3.63) is 15.4 Å². The van der Waals surface area contributed by atoms with Crippen molar-refractivity contribution in [2.24, 2.45) is 5.92 Å². The Morgan fingerprint density at radius 3 is 3.50 bits per heavy atom. The van der Waals surface area contributed by atoms with Gasteiger partial charge in [-0.2, -0.15) is 0 Å². The van der Waals surface area contributed by atoms with E-state index in [1.165, 1.54) is 4.53 Å². The lowest BCUT2D eigenvalue weighted by molar-refractivity contribution is 1.02. The van der Waals surface area contributed by atoms with Gasteiger partial charge in [0.05, 0.1) is 15.4 Å². The van der Waals surface area contributed by atoms with Crippen molar-refractivity contribution in [2.75, 3.05) is 0 Å².